The lowest BCUT2D eigenvalue weighted by atomic mass is 10.0. The molecule has 3 rings (SSSR count). The standard InChI is InChI=1S/C26H28ClF2N7O3/c1-16-11-24(39-34-16)18-7-5-17(6-8-18)21(13-37)33-26(30)35(3)23(14-38-4)19-9-10-20(27)22(12-19)36(25(28)29)32-15-31-2/h5-13,15,21,23,25H,2,14H2,1,3-4H3,(H2,30,33)/b32-15-. The summed E-state index contributed by atoms with van der Waals surface area (Å²) in [5.41, 5.74) is 8.95. The number of rotatable bonds is 12. The van der Waals surface area contributed by atoms with Gasteiger partial charge in [-0.05, 0) is 36.9 Å². The number of aromatic nitrogens is 1. The zero-order valence-corrected chi connectivity index (χ0v) is 22.3. The average Bonchev–Trinajstić information content (AvgIpc) is 3.37. The number of anilines is 1. The Hall–Kier alpha value is -4.16. The van der Waals surface area contributed by atoms with Crippen LogP contribution in [0.25, 0.3) is 11.3 Å². The first-order valence-corrected chi connectivity index (χ1v) is 12.0. The molecule has 13 heteroatoms. The molecular weight excluding hydrogens is 532 g/mol. The number of ether oxygens (including phenoxy) is 1. The number of halogens is 3. The molecule has 0 aliphatic heterocycles. The molecular formula is C26H28ClF2N7O3. The predicted molar refractivity (Wildman–Crippen MR) is 147 cm³/mol. The maximum atomic E-state index is 13.7. The summed E-state index contributed by atoms with van der Waals surface area (Å²) in [5.74, 6) is 0.631. The van der Waals surface area contributed by atoms with Gasteiger partial charge in [-0.1, -0.05) is 47.1 Å². The summed E-state index contributed by atoms with van der Waals surface area (Å²) in [6.45, 7) is 2.16. The minimum atomic E-state index is -2.99. The molecule has 2 aromatic carbocycles. The Morgan fingerprint density at radius 1 is 1.23 bits per heavy atom. The van der Waals surface area contributed by atoms with Gasteiger partial charge in [-0.15, -0.1) is 0 Å². The topological polar surface area (TPSA) is 122 Å². The van der Waals surface area contributed by atoms with Gasteiger partial charge < -0.3 is 24.7 Å². The van der Waals surface area contributed by atoms with Crippen molar-refractivity contribution < 1.29 is 22.8 Å². The van der Waals surface area contributed by atoms with Crippen molar-refractivity contribution in [3.05, 3.63) is 70.4 Å². The molecule has 0 spiro atoms. The lowest BCUT2D eigenvalue weighted by Gasteiger charge is -2.30. The van der Waals surface area contributed by atoms with Gasteiger partial charge in [0, 0.05) is 25.8 Å². The maximum absolute atomic E-state index is 13.7. The number of nitrogens with zero attached hydrogens (tertiary/aromatic N) is 6. The van der Waals surface area contributed by atoms with Crippen LogP contribution in [0.4, 0.5) is 14.5 Å². The van der Waals surface area contributed by atoms with E-state index in [0.717, 1.165) is 17.6 Å². The second-order valence-corrected chi connectivity index (χ2v) is 8.76. The Bertz CT molecular complexity index is 1330. The molecule has 0 aliphatic rings. The number of carbonyl (C=O) groups is 1. The third-order valence-electron chi connectivity index (χ3n) is 5.76. The van der Waals surface area contributed by atoms with Crippen molar-refractivity contribution in [3.8, 4) is 11.3 Å². The highest BCUT2D eigenvalue weighted by molar-refractivity contribution is 6.33. The van der Waals surface area contributed by atoms with Crippen LogP contribution in [-0.2, 0) is 9.53 Å². The van der Waals surface area contributed by atoms with Gasteiger partial charge in [0.25, 0.3) is 0 Å². The Kier molecular flexibility index (Phi) is 10.2. The van der Waals surface area contributed by atoms with Crippen molar-refractivity contribution in [2.45, 2.75) is 25.6 Å². The van der Waals surface area contributed by atoms with Gasteiger partial charge in [0.15, 0.2) is 11.7 Å². The van der Waals surface area contributed by atoms with E-state index in [4.69, 9.17) is 26.6 Å². The van der Waals surface area contributed by atoms with E-state index in [-0.39, 0.29) is 23.3 Å². The van der Waals surface area contributed by atoms with Crippen LogP contribution < -0.4 is 10.7 Å². The molecule has 0 amide bonds. The first-order chi connectivity index (χ1) is 18.7. The summed E-state index contributed by atoms with van der Waals surface area (Å²) in [6.07, 6.45) is 1.56. The Balaban J connectivity index is 1.90. The lowest BCUT2D eigenvalue weighted by molar-refractivity contribution is -0.108. The van der Waals surface area contributed by atoms with E-state index in [1.54, 1.807) is 48.3 Å². The van der Waals surface area contributed by atoms with Crippen LogP contribution in [0.2, 0.25) is 5.02 Å². The fraction of sp³-hybridized carbons (Fsp3) is 0.269. The molecule has 1 heterocycles. The van der Waals surface area contributed by atoms with Crippen molar-refractivity contribution in [2.75, 3.05) is 25.8 Å². The van der Waals surface area contributed by atoms with Gasteiger partial charge in [-0.25, -0.2) is 10.0 Å². The normalized spacial score (nSPS) is 13.5. The molecule has 1 aromatic heterocycles. The number of methoxy groups -OCH3 is 1. The quantitative estimate of drug-likeness (QED) is 0.111. The predicted octanol–water partition coefficient (Wildman–Crippen LogP) is 4.85. The van der Waals surface area contributed by atoms with Gasteiger partial charge in [-0.3, -0.25) is 4.99 Å². The summed E-state index contributed by atoms with van der Waals surface area (Å²) in [7, 11) is 3.14. The highest BCUT2D eigenvalue weighted by Gasteiger charge is 2.25. The summed E-state index contributed by atoms with van der Waals surface area (Å²) < 4.78 is 38.0. The molecule has 0 radical (unpaired) electrons. The molecule has 10 nitrogen and oxygen atoms in total. The number of guanidine groups is 1. The number of hydrogen-bond acceptors (Lipinski definition) is 7. The third-order valence-corrected chi connectivity index (χ3v) is 6.08. The maximum Gasteiger partial charge on any atom is 0.333 e. The van der Waals surface area contributed by atoms with Crippen LogP contribution in [0.3, 0.4) is 0 Å². The van der Waals surface area contributed by atoms with Gasteiger partial charge in [0.2, 0.25) is 0 Å². The number of nitrogens with two attached hydrogens (primary N) is 1. The zero-order valence-electron chi connectivity index (χ0n) is 21.5. The second kappa shape index (κ2) is 13.6. The molecule has 0 bridgehead atoms. The molecule has 206 valence electrons. The van der Waals surface area contributed by atoms with Crippen molar-refractivity contribution >= 4 is 42.6 Å². The highest BCUT2D eigenvalue weighted by Crippen LogP contribution is 2.33. The van der Waals surface area contributed by atoms with E-state index in [0.29, 0.717) is 28.2 Å². The SMILES string of the molecule is C=N/C=N\N(c1cc(C(COC)N(C)C(N)=NC(C=O)c2ccc(-c3cc(C)no3)cc2)ccc1Cl)C(F)F. The summed E-state index contributed by atoms with van der Waals surface area (Å²) in [4.78, 5) is 21.3. The first kappa shape index (κ1) is 29.4. The summed E-state index contributed by atoms with van der Waals surface area (Å²) in [5, 5.41) is 7.96. The minimum absolute atomic E-state index is 0.0279. The van der Waals surface area contributed by atoms with E-state index in [1.807, 2.05) is 6.92 Å². The summed E-state index contributed by atoms with van der Waals surface area (Å²) >= 11 is 6.21. The van der Waals surface area contributed by atoms with E-state index in [1.165, 1.54) is 19.2 Å². The molecule has 39 heavy (non-hydrogen) atoms. The Labute approximate surface area is 229 Å². The number of hydrazone groups is 1. The Morgan fingerprint density at radius 2 is 1.92 bits per heavy atom. The number of likely N-dealkylation sites (N-methyl/N-ethyl adjacent to an activating group) is 1. The van der Waals surface area contributed by atoms with E-state index < -0.39 is 18.6 Å². The number of aliphatic imine (C=N–C) groups is 2. The van der Waals surface area contributed by atoms with Crippen molar-refractivity contribution in [1.29, 1.82) is 0 Å². The molecule has 0 saturated carbocycles. The molecule has 0 saturated heterocycles. The van der Waals surface area contributed by atoms with Crippen LogP contribution in [0.15, 0.2) is 68.1 Å². The van der Waals surface area contributed by atoms with Crippen LogP contribution >= 0.6 is 11.6 Å². The van der Waals surface area contributed by atoms with Gasteiger partial charge >= 0.3 is 6.55 Å². The lowest BCUT2D eigenvalue weighted by Crippen LogP contribution is -2.39. The Morgan fingerprint density at radius 3 is 2.49 bits per heavy atom. The summed E-state index contributed by atoms with van der Waals surface area (Å²) in [6, 6.07) is 12.0. The van der Waals surface area contributed by atoms with Gasteiger partial charge in [-0.2, -0.15) is 13.9 Å². The minimum Gasteiger partial charge on any atom is -0.382 e. The monoisotopic (exact) mass is 559 g/mol. The van der Waals surface area contributed by atoms with E-state index >= 15 is 0 Å². The van der Waals surface area contributed by atoms with Crippen LogP contribution in [-0.4, -0.2) is 62.7 Å². The molecule has 3 aromatic rings. The fourth-order valence-corrected chi connectivity index (χ4v) is 3.94. The molecule has 2 unspecified atom stereocenters. The average molecular weight is 560 g/mol. The largest absolute Gasteiger partial charge is 0.382 e. The zero-order chi connectivity index (χ0) is 28.5. The number of hydrogen-bond donors (Lipinski definition) is 1. The smallest absolute Gasteiger partial charge is 0.333 e. The number of aldehydes is 1. The van der Waals surface area contributed by atoms with E-state index in [2.05, 4.69) is 27.0 Å². The second-order valence-electron chi connectivity index (χ2n) is 8.35. The van der Waals surface area contributed by atoms with Crippen LogP contribution in [0.5, 0.6) is 0 Å². The highest BCUT2D eigenvalue weighted by atomic mass is 35.5. The number of aryl methyl sites for hydroxylation is 1. The van der Waals surface area contributed by atoms with Crippen molar-refractivity contribution in [2.24, 2.45) is 20.8 Å². The third kappa shape index (κ3) is 7.24. The molecule has 2 N–H and O–H groups in total. The van der Waals surface area contributed by atoms with Crippen LogP contribution in [0.1, 0.15) is 28.9 Å². The van der Waals surface area contributed by atoms with E-state index in [9.17, 15) is 13.6 Å². The van der Waals surface area contributed by atoms with Gasteiger partial charge in [0.1, 0.15) is 18.7 Å². The van der Waals surface area contributed by atoms with Crippen molar-refractivity contribution in [3.63, 3.8) is 0 Å². The number of benzene rings is 2. The molecule has 2 atom stereocenters. The van der Waals surface area contributed by atoms with Crippen LogP contribution in [0, 0.1) is 6.92 Å². The number of alkyl halides is 2. The molecule has 0 aliphatic carbocycles. The first-order valence-electron chi connectivity index (χ1n) is 11.6. The van der Waals surface area contributed by atoms with Crippen molar-refractivity contribution in [1.82, 2.24) is 10.1 Å². The molecule has 0 fully saturated rings. The number of carbonyl (C=O) groups excluding carboxylic acids is 1. The van der Waals surface area contributed by atoms with Gasteiger partial charge in [0.05, 0.1) is 29.1 Å². The fourth-order valence-electron chi connectivity index (χ4n) is 3.73.